The highest BCUT2D eigenvalue weighted by molar-refractivity contribution is 8.30. The van der Waals surface area contributed by atoms with E-state index in [9.17, 15) is 19.5 Å². The fraction of sp³-hybridized carbons (Fsp3) is 0.171. The van der Waals surface area contributed by atoms with Crippen molar-refractivity contribution in [1.29, 1.82) is 0 Å². The molecule has 1 N–H and O–H groups in total. The van der Waals surface area contributed by atoms with Gasteiger partial charge in [0.05, 0.1) is 4.53 Å². The van der Waals surface area contributed by atoms with Crippen molar-refractivity contribution in [2.75, 3.05) is 11.9 Å². The van der Waals surface area contributed by atoms with E-state index in [1.165, 1.54) is 37.4 Å². The maximum atomic E-state index is 13.6. The van der Waals surface area contributed by atoms with Crippen LogP contribution in [0.5, 0.6) is 0 Å². The van der Waals surface area contributed by atoms with Crippen LogP contribution in [0.15, 0.2) is 108 Å². The molecule has 7 nitrogen and oxygen atoms in total. The third-order valence-corrected chi connectivity index (χ3v) is 12.6. The van der Waals surface area contributed by atoms with E-state index in [0.29, 0.717) is 25.5 Å². The van der Waals surface area contributed by atoms with Crippen LogP contribution in [0.25, 0.3) is 22.6 Å². The SMILES string of the molecule is CN1C(=O)/C(=c2\s/c(=C\c3ccc4c(c3)C3CCCC3N4c3ccc(C=C(c4ccccc4)c4ccccc4)cc3)c(=O)n2CC(=O)O)SC1=S. The van der Waals surface area contributed by atoms with Gasteiger partial charge in [0.15, 0.2) is 0 Å². The topological polar surface area (TPSA) is 82.9 Å². The predicted octanol–water partition coefficient (Wildman–Crippen LogP) is 6.80. The first-order valence-corrected chi connectivity index (χ1v) is 18.8. The van der Waals surface area contributed by atoms with Gasteiger partial charge >= 0.3 is 5.97 Å². The number of fused-ring (bicyclic) bond motifs is 3. The number of nitrogens with zero attached hydrogens (tertiary/aromatic N) is 3. The average Bonchev–Trinajstić information content (AvgIpc) is 3.88. The van der Waals surface area contributed by atoms with Gasteiger partial charge in [-0.3, -0.25) is 23.9 Å². The van der Waals surface area contributed by atoms with Crippen LogP contribution in [0.4, 0.5) is 11.4 Å². The van der Waals surface area contributed by atoms with Crippen molar-refractivity contribution >= 4 is 85.5 Å². The van der Waals surface area contributed by atoms with E-state index < -0.39 is 18.1 Å². The van der Waals surface area contributed by atoms with Crippen LogP contribution in [0.2, 0.25) is 0 Å². The molecule has 1 aromatic heterocycles. The summed E-state index contributed by atoms with van der Waals surface area (Å²) in [6.07, 6.45) is 7.40. The molecule has 1 saturated heterocycles. The Bertz CT molecular complexity index is 2380. The lowest BCUT2D eigenvalue weighted by molar-refractivity contribution is -0.137. The van der Waals surface area contributed by atoms with E-state index >= 15 is 0 Å². The van der Waals surface area contributed by atoms with Gasteiger partial charge in [-0.25, -0.2) is 0 Å². The van der Waals surface area contributed by atoms with E-state index in [1.54, 1.807) is 7.05 Å². The molecule has 10 heteroatoms. The number of rotatable bonds is 7. The Labute approximate surface area is 308 Å². The molecule has 1 saturated carbocycles. The zero-order valence-corrected chi connectivity index (χ0v) is 30.1. The number of carbonyl (C=O) groups excluding carboxylic acids is 1. The molecular formula is C41H33N3O4S3. The number of amides is 1. The van der Waals surface area contributed by atoms with Crippen LogP contribution < -0.4 is 19.7 Å². The molecule has 2 aliphatic heterocycles. The van der Waals surface area contributed by atoms with Gasteiger partial charge < -0.3 is 10.0 Å². The quantitative estimate of drug-likeness (QED) is 0.146. The van der Waals surface area contributed by atoms with Gasteiger partial charge in [-0.05, 0) is 82.6 Å². The van der Waals surface area contributed by atoms with E-state index in [1.807, 2.05) is 24.3 Å². The number of anilines is 2. The molecule has 2 atom stereocenters. The Morgan fingerprint density at radius 2 is 1.57 bits per heavy atom. The Kier molecular flexibility index (Phi) is 8.83. The minimum atomic E-state index is -1.16. The molecule has 2 unspecified atom stereocenters. The highest BCUT2D eigenvalue weighted by atomic mass is 32.2. The Morgan fingerprint density at radius 3 is 2.20 bits per heavy atom. The van der Waals surface area contributed by atoms with Crippen molar-refractivity contribution in [3.8, 4) is 0 Å². The van der Waals surface area contributed by atoms with Gasteiger partial charge in [-0.1, -0.05) is 109 Å². The van der Waals surface area contributed by atoms with Gasteiger partial charge in [-0.2, -0.15) is 0 Å². The lowest BCUT2D eigenvalue weighted by Gasteiger charge is -2.27. The normalized spacial score (nSPS) is 19.4. The summed E-state index contributed by atoms with van der Waals surface area (Å²) in [6.45, 7) is -0.538. The number of thiazole rings is 1. The summed E-state index contributed by atoms with van der Waals surface area (Å²) >= 11 is 7.51. The van der Waals surface area contributed by atoms with Gasteiger partial charge in [0.25, 0.3) is 11.5 Å². The fourth-order valence-electron chi connectivity index (χ4n) is 7.46. The summed E-state index contributed by atoms with van der Waals surface area (Å²) in [4.78, 5) is 42.3. The van der Waals surface area contributed by atoms with Crippen molar-refractivity contribution in [1.82, 2.24) is 9.47 Å². The molecular weight excluding hydrogens is 695 g/mol. The monoisotopic (exact) mass is 727 g/mol. The van der Waals surface area contributed by atoms with Crippen molar-refractivity contribution < 1.29 is 14.7 Å². The second-order valence-corrected chi connectivity index (χ2v) is 15.6. The molecule has 1 amide bonds. The first-order valence-electron chi connectivity index (χ1n) is 16.8. The summed E-state index contributed by atoms with van der Waals surface area (Å²) < 4.78 is 2.23. The number of thioether (sulfide) groups is 1. The van der Waals surface area contributed by atoms with Gasteiger partial charge in [0.1, 0.15) is 20.4 Å². The van der Waals surface area contributed by atoms with Crippen LogP contribution in [0.1, 0.15) is 53.0 Å². The molecule has 0 bridgehead atoms. The number of benzene rings is 4. The van der Waals surface area contributed by atoms with Crippen LogP contribution in [-0.4, -0.2) is 43.9 Å². The maximum absolute atomic E-state index is 13.6. The van der Waals surface area contributed by atoms with E-state index in [4.69, 9.17) is 12.2 Å². The molecule has 2 fully saturated rings. The summed E-state index contributed by atoms with van der Waals surface area (Å²) in [5.74, 6) is -1.12. The Balaban J connectivity index is 1.15. The number of carboxylic acids is 1. The lowest BCUT2D eigenvalue weighted by Crippen LogP contribution is -2.35. The fourth-order valence-corrected chi connectivity index (χ4v) is 9.89. The highest BCUT2D eigenvalue weighted by Crippen LogP contribution is 2.52. The summed E-state index contributed by atoms with van der Waals surface area (Å²) in [5.41, 5.74) is 8.66. The van der Waals surface area contributed by atoms with Gasteiger partial charge in [0.2, 0.25) is 0 Å². The van der Waals surface area contributed by atoms with E-state index in [2.05, 4.69) is 95.9 Å². The second kappa shape index (κ2) is 13.6. The lowest BCUT2D eigenvalue weighted by atomic mass is 9.95. The minimum Gasteiger partial charge on any atom is -0.480 e. The van der Waals surface area contributed by atoms with E-state index in [-0.39, 0.29) is 10.8 Å². The number of thiocarbonyl (C=S) groups is 1. The summed E-state index contributed by atoms with van der Waals surface area (Å²) in [7, 11) is 1.58. The third-order valence-electron chi connectivity index (χ3n) is 9.83. The number of aromatic nitrogens is 1. The molecule has 3 aliphatic rings. The molecule has 4 aromatic carbocycles. The van der Waals surface area contributed by atoms with Crippen molar-refractivity contribution in [3.63, 3.8) is 0 Å². The number of aliphatic carboxylic acids is 1. The number of hydrogen-bond acceptors (Lipinski definition) is 7. The number of carboxylic acid groups (broad SMARTS) is 1. The average molecular weight is 728 g/mol. The molecule has 8 rings (SSSR count). The van der Waals surface area contributed by atoms with Crippen LogP contribution in [0.3, 0.4) is 0 Å². The standard InChI is InChI=1S/C41H33N3O4S3/c1-42-39(48)37(51-41(42)49)40-43(24-36(45)46)38(47)35(50-40)23-26-17-20-34-32(22-26)30-13-8-14-33(30)44(34)29-18-15-25(16-19-29)21-31(27-9-4-2-5-10-27)28-11-6-3-7-12-28/h2-7,9-12,15-23,30,33H,8,13-14,24H2,1H3,(H,45,46)/b35-23-,40-37+. The Hall–Kier alpha value is -5.03. The maximum Gasteiger partial charge on any atom is 0.323 e. The van der Waals surface area contributed by atoms with E-state index in [0.717, 1.165) is 59.2 Å². The molecule has 51 heavy (non-hydrogen) atoms. The summed E-state index contributed by atoms with van der Waals surface area (Å²) in [5, 5.41) is 9.58. The molecule has 254 valence electrons. The second-order valence-electron chi connectivity index (χ2n) is 12.9. The predicted molar refractivity (Wildman–Crippen MR) is 211 cm³/mol. The smallest absolute Gasteiger partial charge is 0.323 e. The van der Waals surface area contributed by atoms with Crippen LogP contribution >= 0.6 is 35.3 Å². The molecule has 1 aliphatic carbocycles. The first-order chi connectivity index (χ1) is 24.8. The first kappa shape index (κ1) is 33.1. The summed E-state index contributed by atoms with van der Waals surface area (Å²) in [6, 6.07) is 36.4. The van der Waals surface area contributed by atoms with Gasteiger partial charge in [0, 0.05) is 30.4 Å². The molecule has 0 radical (unpaired) electrons. The number of hydrogen-bond donors (Lipinski definition) is 1. The largest absolute Gasteiger partial charge is 0.480 e. The van der Waals surface area contributed by atoms with Gasteiger partial charge in [-0.15, -0.1) is 11.3 Å². The minimum absolute atomic E-state index is 0.279. The van der Waals surface area contributed by atoms with Crippen molar-refractivity contribution in [2.45, 2.75) is 37.8 Å². The van der Waals surface area contributed by atoms with Crippen LogP contribution in [0, 0.1) is 0 Å². The third kappa shape index (κ3) is 6.17. The zero-order valence-electron chi connectivity index (χ0n) is 27.7. The van der Waals surface area contributed by atoms with Crippen molar-refractivity contribution in [2.24, 2.45) is 0 Å². The highest BCUT2D eigenvalue weighted by Gasteiger charge is 2.42. The Morgan fingerprint density at radius 1 is 0.902 bits per heavy atom. The number of carbonyl (C=O) groups is 2. The zero-order chi connectivity index (χ0) is 35.2. The van der Waals surface area contributed by atoms with Crippen molar-refractivity contribution in [3.05, 3.63) is 150 Å². The molecule has 0 spiro atoms. The molecule has 5 aromatic rings. The molecule has 3 heterocycles. The van der Waals surface area contributed by atoms with Crippen LogP contribution in [-0.2, 0) is 16.1 Å².